The Morgan fingerprint density at radius 3 is 2.40 bits per heavy atom. The normalized spacial score (nSPS) is 11.2. The van der Waals surface area contributed by atoms with Gasteiger partial charge < -0.3 is 19.5 Å². The van der Waals surface area contributed by atoms with Gasteiger partial charge in [0.1, 0.15) is 0 Å². The Morgan fingerprint density at radius 2 is 1.80 bits per heavy atom. The lowest BCUT2D eigenvalue weighted by Crippen LogP contribution is -2.22. The zero-order valence-corrected chi connectivity index (χ0v) is 17.1. The number of hydrogen-bond acceptors (Lipinski definition) is 5. The largest absolute Gasteiger partial charge is 0.493 e. The highest BCUT2D eigenvalue weighted by molar-refractivity contribution is 6.30. The van der Waals surface area contributed by atoms with Gasteiger partial charge in [0.2, 0.25) is 0 Å². The number of carbonyl (C=O) groups excluding carboxylic acids is 2. The summed E-state index contributed by atoms with van der Waals surface area (Å²) in [6.45, 7) is 2.86. The molecule has 0 aliphatic rings. The Labute approximate surface area is 175 Å². The predicted molar refractivity (Wildman–Crippen MR) is 104 cm³/mol. The van der Waals surface area contributed by atoms with Crippen LogP contribution in [0.5, 0.6) is 11.5 Å². The first-order chi connectivity index (χ1) is 14.0. The molecule has 0 unspecified atom stereocenters. The molecule has 0 fully saturated rings. The van der Waals surface area contributed by atoms with Crippen molar-refractivity contribution in [1.82, 2.24) is 0 Å². The molecular weight excluding hydrogens is 427 g/mol. The second-order valence-corrected chi connectivity index (χ2v) is 6.78. The first-order valence-corrected chi connectivity index (χ1v) is 9.07. The summed E-state index contributed by atoms with van der Waals surface area (Å²) in [6, 6.07) is 7.21. The summed E-state index contributed by atoms with van der Waals surface area (Å²) in [5.74, 6) is -1.09. The minimum Gasteiger partial charge on any atom is -0.493 e. The van der Waals surface area contributed by atoms with E-state index in [-0.39, 0.29) is 16.7 Å². The number of carbonyl (C=O) groups is 2. The van der Waals surface area contributed by atoms with E-state index in [9.17, 15) is 22.8 Å². The van der Waals surface area contributed by atoms with Gasteiger partial charge in [-0.05, 0) is 50.2 Å². The number of rotatable bonds is 7. The molecule has 0 heterocycles. The van der Waals surface area contributed by atoms with E-state index in [1.54, 1.807) is 0 Å². The highest BCUT2D eigenvalue weighted by Gasteiger charge is 2.34. The number of methoxy groups -OCH3 is 1. The van der Waals surface area contributed by atoms with E-state index in [1.807, 2.05) is 13.8 Å². The maximum Gasteiger partial charge on any atom is 0.418 e. The summed E-state index contributed by atoms with van der Waals surface area (Å²) in [5, 5.41) is 1.93. The van der Waals surface area contributed by atoms with Gasteiger partial charge in [0.15, 0.2) is 18.1 Å². The fourth-order valence-electron chi connectivity index (χ4n) is 2.41. The number of amides is 1. The molecule has 0 saturated carbocycles. The van der Waals surface area contributed by atoms with Crippen LogP contribution in [0.4, 0.5) is 18.9 Å². The lowest BCUT2D eigenvalue weighted by molar-refractivity contribution is -0.137. The second-order valence-electron chi connectivity index (χ2n) is 6.34. The molecule has 0 aliphatic carbocycles. The van der Waals surface area contributed by atoms with Crippen LogP contribution in [-0.2, 0) is 15.7 Å². The van der Waals surface area contributed by atoms with Crippen molar-refractivity contribution in [3.05, 3.63) is 52.5 Å². The third kappa shape index (κ3) is 6.28. The van der Waals surface area contributed by atoms with Gasteiger partial charge in [0, 0.05) is 5.02 Å². The first kappa shape index (κ1) is 23.3. The molecular formula is C20H19ClF3NO5. The minimum atomic E-state index is -4.72. The van der Waals surface area contributed by atoms with Gasteiger partial charge in [-0.15, -0.1) is 0 Å². The van der Waals surface area contributed by atoms with Crippen LogP contribution < -0.4 is 14.8 Å². The van der Waals surface area contributed by atoms with Crippen LogP contribution in [0.25, 0.3) is 0 Å². The van der Waals surface area contributed by atoms with E-state index >= 15 is 0 Å². The Morgan fingerprint density at radius 1 is 1.10 bits per heavy atom. The molecule has 0 radical (unpaired) electrons. The van der Waals surface area contributed by atoms with Crippen LogP contribution in [0.3, 0.4) is 0 Å². The van der Waals surface area contributed by atoms with E-state index in [2.05, 4.69) is 5.32 Å². The summed E-state index contributed by atoms with van der Waals surface area (Å²) < 4.78 is 54.8. The lowest BCUT2D eigenvalue weighted by Gasteiger charge is -2.15. The van der Waals surface area contributed by atoms with Gasteiger partial charge in [-0.25, -0.2) is 4.79 Å². The van der Waals surface area contributed by atoms with Gasteiger partial charge in [0.05, 0.1) is 30.0 Å². The molecule has 0 aromatic heterocycles. The zero-order valence-electron chi connectivity index (χ0n) is 16.3. The SMILES string of the molecule is COc1cc(C(=O)OCC(=O)Nc2ccc(Cl)cc2C(F)(F)F)ccc1OC(C)C. The number of halogens is 4. The Kier molecular flexibility index (Phi) is 7.55. The molecule has 2 aromatic rings. The molecule has 10 heteroatoms. The molecule has 6 nitrogen and oxygen atoms in total. The van der Waals surface area contributed by atoms with E-state index in [1.165, 1.54) is 31.4 Å². The predicted octanol–water partition coefficient (Wildman–Crippen LogP) is 4.95. The minimum absolute atomic E-state index is 0.0817. The Balaban J connectivity index is 2.04. The standard InChI is InChI=1S/C20H19ClF3NO5/c1-11(2)30-16-7-4-12(8-17(16)28-3)19(27)29-10-18(26)25-15-6-5-13(21)9-14(15)20(22,23)24/h4-9,11H,10H2,1-3H3,(H,25,26). The molecule has 0 aliphatic heterocycles. The molecule has 1 N–H and O–H groups in total. The molecule has 162 valence electrons. The summed E-state index contributed by atoms with van der Waals surface area (Å²) in [5.41, 5.74) is -1.52. The van der Waals surface area contributed by atoms with E-state index in [0.29, 0.717) is 17.6 Å². The smallest absolute Gasteiger partial charge is 0.418 e. The molecule has 0 bridgehead atoms. The maximum absolute atomic E-state index is 13.1. The second kappa shape index (κ2) is 9.71. The molecule has 0 atom stereocenters. The number of esters is 1. The number of hydrogen-bond donors (Lipinski definition) is 1. The van der Waals surface area contributed by atoms with Gasteiger partial charge in [0.25, 0.3) is 5.91 Å². The third-order valence-corrected chi connectivity index (χ3v) is 3.89. The molecule has 30 heavy (non-hydrogen) atoms. The van der Waals surface area contributed by atoms with Crippen LogP contribution in [0.2, 0.25) is 5.02 Å². The van der Waals surface area contributed by atoms with Gasteiger partial charge in [-0.3, -0.25) is 4.79 Å². The Hall–Kier alpha value is -2.94. The van der Waals surface area contributed by atoms with Crippen molar-refractivity contribution in [3.8, 4) is 11.5 Å². The van der Waals surface area contributed by atoms with Gasteiger partial charge in [-0.2, -0.15) is 13.2 Å². The van der Waals surface area contributed by atoms with Crippen molar-refractivity contribution in [1.29, 1.82) is 0 Å². The van der Waals surface area contributed by atoms with Crippen molar-refractivity contribution >= 4 is 29.2 Å². The highest BCUT2D eigenvalue weighted by Crippen LogP contribution is 2.36. The molecule has 0 spiro atoms. The van der Waals surface area contributed by atoms with Crippen LogP contribution in [0.15, 0.2) is 36.4 Å². The Bertz CT molecular complexity index is 931. The first-order valence-electron chi connectivity index (χ1n) is 8.69. The number of ether oxygens (including phenoxy) is 3. The number of alkyl halides is 3. The van der Waals surface area contributed by atoms with Gasteiger partial charge >= 0.3 is 12.1 Å². The van der Waals surface area contributed by atoms with E-state index in [4.69, 9.17) is 25.8 Å². The van der Waals surface area contributed by atoms with Crippen LogP contribution >= 0.6 is 11.6 Å². The van der Waals surface area contributed by atoms with Crippen molar-refractivity contribution in [2.75, 3.05) is 19.0 Å². The molecule has 1 amide bonds. The molecule has 0 saturated heterocycles. The monoisotopic (exact) mass is 445 g/mol. The van der Waals surface area contributed by atoms with E-state index in [0.717, 1.165) is 6.07 Å². The van der Waals surface area contributed by atoms with E-state index < -0.39 is 35.9 Å². The average molecular weight is 446 g/mol. The fourth-order valence-corrected chi connectivity index (χ4v) is 2.58. The lowest BCUT2D eigenvalue weighted by atomic mass is 10.1. The van der Waals surface area contributed by atoms with Crippen molar-refractivity contribution in [2.45, 2.75) is 26.1 Å². The summed E-state index contributed by atoms with van der Waals surface area (Å²) in [6.07, 6.45) is -4.84. The topological polar surface area (TPSA) is 73.9 Å². The van der Waals surface area contributed by atoms with Gasteiger partial charge in [-0.1, -0.05) is 11.6 Å². The summed E-state index contributed by atoms with van der Waals surface area (Å²) in [7, 11) is 1.40. The highest BCUT2D eigenvalue weighted by atomic mass is 35.5. The quantitative estimate of drug-likeness (QED) is 0.610. The third-order valence-electron chi connectivity index (χ3n) is 3.66. The number of anilines is 1. The molecule has 2 aromatic carbocycles. The maximum atomic E-state index is 13.1. The fraction of sp³-hybridized carbons (Fsp3) is 0.300. The number of benzene rings is 2. The van der Waals surface area contributed by atoms with Crippen molar-refractivity contribution < 1.29 is 37.0 Å². The summed E-state index contributed by atoms with van der Waals surface area (Å²) >= 11 is 5.59. The average Bonchev–Trinajstić information content (AvgIpc) is 2.66. The zero-order chi connectivity index (χ0) is 22.5. The number of nitrogens with one attached hydrogen (secondary N) is 1. The van der Waals surface area contributed by atoms with Crippen LogP contribution in [0.1, 0.15) is 29.8 Å². The van der Waals surface area contributed by atoms with Crippen molar-refractivity contribution in [2.24, 2.45) is 0 Å². The summed E-state index contributed by atoms with van der Waals surface area (Å²) in [4.78, 5) is 24.2. The van der Waals surface area contributed by atoms with Crippen molar-refractivity contribution in [3.63, 3.8) is 0 Å². The van der Waals surface area contributed by atoms with Crippen LogP contribution in [-0.4, -0.2) is 31.7 Å². The molecule has 2 rings (SSSR count). The van der Waals surface area contributed by atoms with Crippen LogP contribution in [0, 0.1) is 0 Å².